The van der Waals surface area contributed by atoms with Crippen molar-refractivity contribution in [3.8, 4) is 6.07 Å². The first-order valence-corrected chi connectivity index (χ1v) is 6.76. The minimum Gasteiger partial charge on any atom is -0.382 e. The second kappa shape index (κ2) is 4.62. The highest BCUT2D eigenvalue weighted by atomic mass is 15.2. The SMILES string of the molecule is Cc1ccc(C#N)cc1NC1CCN2CCC1C2. The van der Waals surface area contributed by atoms with E-state index in [-0.39, 0.29) is 0 Å². The lowest BCUT2D eigenvalue weighted by molar-refractivity contribution is 0.255. The summed E-state index contributed by atoms with van der Waals surface area (Å²) in [6.07, 6.45) is 2.54. The highest BCUT2D eigenvalue weighted by Gasteiger charge is 2.34. The summed E-state index contributed by atoms with van der Waals surface area (Å²) in [6.45, 7) is 5.83. The molecule has 0 saturated carbocycles. The summed E-state index contributed by atoms with van der Waals surface area (Å²) in [6, 6.07) is 8.70. The maximum absolute atomic E-state index is 8.98. The third-order valence-corrected chi connectivity index (χ3v) is 4.34. The topological polar surface area (TPSA) is 39.1 Å². The molecule has 0 aromatic heterocycles. The third kappa shape index (κ3) is 2.09. The molecule has 2 aliphatic rings. The van der Waals surface area contributed by atoms with E-state index in [9.17, 15) is 0 Å². The van der Waals surface area contributed by atoms with Crippen LogP contribution in [0.15, 0.2) is 18.2 Å². The number of rotatable bonds is 2. The number of benzene rings is 1. The van der Waals surface area contributed by atoms with Crippen molar-refractivity contribution in [3.05, 3.63) is 29.3 Å². The standard InChI is InChI=1S/C15H19N3/c1-11-2-3-12(9-16)8-15(11)17-14-5-7-18-6-4-13(14)10-18/h2-3,8,13-14,17H,4-7,10H2,1H3. The van der Waals surface area contributed by atoms with Gasteiger partial charge in [-0.1, -0.05) is 6.07 Å². The van der Waals surface area contributed by atoms with Crippen LogP contribution in [0.4, 0.5) is 5.69 Å². The number of hydrogen-bond acceptors (Lipinski definition) is 3. The molecular formula is C15H19N3. The number of aryl methyl sites for hydroxylation is 1. The summed E-state index contributed by atoms with van der Waals surface area (Å²) in [5.74, 6) is 0.781. The Labute approximate surface area is 108 Å². The van der Waals surface area contributed by atoms with Crippen LogP contribution in [0.5, 0.6) is 0 Å². The highest BCUT2D eigenvalue weighted by molar-refractivity contribution is 5.55. The highest BCUT2D eigenvalue weighted by Crippen LogP contribution is 2.30. The average molecular weight is 241 g/mol. The van der Waals surface area contributed by atoms with Gasteiger partial charge in [-0.2, -0.15) is 5.26 Å². The lowest BCUT2D eigenvalue weighted by Gasteiger charge is -2.32. The second-order valence-electron chi connectivity index (χ2n) is 5.53. The van der Waals surface area contributed by atoms with Crippen LogP contribution in [0.1, 0.15) is 24.0 Å². The molecule has 1 aromatic rings. The van der Waals surface area contributed by atoms with Gasteiger partial charge in [0.25, 0.3) is 0 Å². The smallest absolute Gasteiger partial charge is 0.0992 e. The third-order valence-electron chi connectivity index (χ3n) is 4.34. The summed E-state index contributed by atoms with van der Waals surface area (Å²) in [5.41, 5.74) is 3.11. The Morgan fingerprint density at radius 3 is 3.00 bits per heavy atom. The minimum atomic E-state index is 0.580. The van der Waals surface area contributed by atoms with Crippen LogP contribution in [0, 0.1) is 24.2 Å². The second-order valence-corrected chi connectivity index (χ2v) is 5.53. The Kier molecular flexibility index (Phi) is 2.97. The monoisotopic (exact) mass is 241 g/mol. The molecule has 3 unspecified atom stereocenters. The zero-order chi connectivity index (χ0) is 12.5. The van der Waals surface area contributed by atoms with Gasteiger partial charge in [0.15, 0.2) is 0 Å². The van der Waals surface area contributed by atoms with Crippen LogP contribution < -0.4 is 5.32 Å². The van der Waals surface area contributed by atoms with E-state index in [2.05, 4.69) is 23.2 Å². The number of nitrogens with zero attached hydrogens (tertiary/aromatic N) is 2. The lowest BCUT2D eigenvalue weighted by Crippen LogP contribution is -2.39. The first kappa shape index (κ1) is 11.6. The van der Waals surface area contributed by atoms with E-state index >= 15 is 0 Å². The van der Waals surface area contributed by atoms with E-state index in [0.717, 1.165) is 17.2 Å². The van der Waals surface area contributed by atoms with Gasteiger partial charge in [-0.3, -0.25) is 0 Å². The summed E-state index contributed by atoms with van der Waals surface area (Å²) in [5, 5.41) is 12.7. The number of nitrogens with one attached hydrogen (secondary N) is 1. The summed E-state index contributed by atoms with van der Waals surface area (Å²) < 4.78 is 0. The normalized spacial score (nSPS) is 29.9. The van der Waals surface area contributed by atoms with Crippen LogP contribution in [0.25, 0.3) is 0 Å². The van der Waals surface area contributed by atoms with Gasteiger partial charge >= 0.3 is 0 Å². The fraction of sp³-hybridized carbons (Fsp3) is 0.533. The van der Waals surface area contributed by atoms with Crippen LogP contribution in [0.3, 0.4) is 0 Å². The molecule has 3 nitrogen and oxygen atoms in total. The van der Waals surface area contributed by atoms with Crippen molar-refractivity contribution in [1.29, 1.82) is 5.26 Å². The van der Waals surface area contributed by atoms with E-state index in [1.807, 2.05) is 18.2 Å². The summed E-state index contributed by atoms with van der Waals surface area (Å²) in [7, 11) is 0. The van der Waals surface area contributed by atoms with Crippen molar-refractivity contribution in [2.45, 2.75) is 25.8 Å². The number of fused-ring (bicyclic) bond motifs is 2. The molecule has 2 aliphatic heterocycles. The Morgan fingerprint density at radius 1 is 1.33 bits per heavy atom. The fourth-order valence-corrected chi connectivity index (χ4v) is 3.19. The lowest BCUT2D eigenvalue weighted by atomic mass is 9.93. The van der Waals surface area contributed by atoms with Crippen LogP contribution in [-0.4, -0.2) is 30.6 Å². The van der Waals surface area contributed by atoms with Crippen molar-refractivity contribution in [3.63, 3.8) is 0 Å². The zero-order valence-corrected chi connectivity index (χ0v) is 10.8. The van der Waals surface area contributed by atoms with Crippen LogP contribution in [-0.2, 0) is 0 Å². The van der Waals surface area contributed by atoms with E-state index in [0.29, 0.717) is 6.04 Å². The molecule has 0 radical (unpaired) electrons. The molecule has 0 aliphatic carbocycles. The Morgan fingerprint density at radius 2 is 2.17 bits per heavy atom. The Hall–Kier alpha value is -1.53. The molecule has 2 fully saturated rings. The predicted octanol–water partition coefficient (Wildman–Crippen LogP) is 2.37. The zero-order valence-electron chi connectivity index (χ0n) is 10.8. The summed E-state index contributed by atoms with van der Waals surface area (Å²) in [4.78, 5) is 2.56. The van der Waals surface area contributed by atoms with Crippen molar-refractivity contribution >= 4 is 5.69 Å². The molecule has 3 heteroatoms. The molecular weight excluding hydrogens is 222 g/mol. The van der Waals surface area contributed by atoms with Crippen molar-refractivity contribution < 1.29 is 0 Å². The number of piperidine rings is 1. The molecule has 2 bridgehead atoms. The minimum absolute atomic E-state index is 0.580. The van der Waals surface area contributed by atoms with E-state index in [4.69, 9.17) is 5.26 Å². The molecule has 18 heavy (non-hydrogen) atoms. The van der Waals surface area contributed by atoms with Gasteiger partial charge in [0.05, 0.1) is 11.6 Å². The van der Waals surface area contributed by atoms with Gasteiger partial charge < -0.3 is 10.2 Å². The van der Waals surface area contributed by atoms with Crippen LogP contribution in [0.2, 0.25) is 0 Å². The van der Waals surface area contributed by atoms with Gasteiger partial charge in [0.2, 0.25) is 0 Å². The molecule has 2 heterocycles. The number of anilines is 1. The number of hydrogen-bond donors (Lipinski definition) is 1. The van der Waals surface area contributed by atoms with Gasteiger partial charge in [0.1, 0.15) is 0 Å². The number of nitriles is 1. The first-order chi connectivity index (χ1) is 8.76. The quantitative estimate of drug-likeness (QED) is 0.864. The van der Waals surface area contributed by atoms with E-state index in [1.54, 1.807) is 0 Å². The maximum atomic E-state index is 8.98. The largest absolute Gasteiger partial charge is 0.382 e. The van der Waals surface area contributed by atoms with Gasteiger partial charge in [0, 0.05) is 24.8 Å². The maximum Gasteiger partial charge on any atom is 0.0992 e. The Balaban J connectivity index is 1.78. The summed E-state index contributed by atoms with van der Waals surface area (Å²) >= 11 is 0. The molecule has 1 N–H and O–H groups in total. The predicted molar refractivity (Wildman–Crippen MR) is 72.5 cm³/mol. The van der Waals surface area contributed by atoms with Crippen molar-refractivity contribution in [1.82, 2.24) is 4.90 Å². The molecule has 94 valence electrons. The van der Waals surface area contributed by atoms with E-state index in [1.165, 1.54) is 38.0 Å². The molecule has 0 spiro atoms. The van der Waals surface area contributed by atoms with Crippen molar-refractivity contribution in [2.75, 3.05) is 25.0 Å². The molecule has 3 rings (SSSR count). The van der Waals surface area contributed by atoms with Crippen molar-refractivity contribution in [2.24, 2.45) is 5.92 Å². The first-order valence-electron chi connectivity index (χ1n) is 6.76. The molecule has 2 saturated heterocycles. The van der Waals surface area contributed by atoms with E-state index < -0.39 is 0 Å². The molecule has 1 aromatic carbocycles. The Bertz CT molecular complexity index is 489. The van der Waals surface area contributed by atoms with Gasteiger partial charge in [-0.25, -0.2) is 0 Å². The average Bonchev–Trinajstić information content (AvgIpc) is 2.78. The molecule has 0 amide bonds. The van der Waals surface area contributed by atoms with Gasteiger partial charge in [-0.05, 0) is 49.9 Å². The molecule has 3 atom stereocenters. The van der Waals surface area contributed by atoms with Crippen LogP contribution >= 0.6 is 0 Å². The fourth-order valence-electron chi connectivity index (χ4n) is 3.19. The van der Waals surface area contributed by atoms with Gasteiger partial charge in [-0.15, -0.1) is 0 Å².